The Balaban J connectivity index is 3.16. The summed E-state index contributed by atoms with van der Waals surface area (Å²) in [7, 11) is -3.94. The predicted molar refractivity (Wildman–Crippen MR) is 61.4 cm³/mol. The van der Waals surface area contributed by atoms with E-state index in [1.165, 1.54) is 18.2 Å². The van der Waals surface area contributed by atoms with E-state index in [4.69, 9.17) is 9.29 Å². The number of aromatic carboxylic acids is 1. The lowest BCUT2D eigenvalue weighted by atomic mass is 10.2. The molecule has 0 heterocycles. The molecule has 0 bridgehead atoms. The van der Waals surface area contributed by atoms with Gasteiger partial charge in [-0.25, -0.2) is 4.79 Å². The lowest BCUT2D eigenvalue weighted by Crippen LogP contribution is -2.24. The summed E-state index contributed by atoms with van der Waals surface area (Å²) in [5.41, 5.74) is -0.957. The molecule has 0 aliphatic carbocycles. The van der Waals surface area contributed by atoms with Crippen molar-refractivity contribution >= 4 is 16.1 Å². The molecule has 0 aliphatic heterocycles. The standard InChI is InChI=1S/C11H14O5S/c1-11(2,3)16-17(14,15)9-6-4-5-8(7-9)10(12)13/h4-7H,1-3H3,(H,12,13). The largest absolute Gasteiger partial charge is 0.478 e. The van der Waals surface area contributed by atoms with Crippen molar-refractivity contribution in [3.63, 3.8) is 0 Å². The maximum atomic E-state index is 11.8. The topological polar surface area (TPSA) is 80.7 Å². The van der Waals surface area contributed by atoms with Crippen LogP contribution in [0, 0.1) is 0 Å². The number of hydrogen-bond acceptors (Lipinski definition) is 4. The third-order valence-corrected chi connectivity index (χ3v) is 3.28. The highest BCUT2D eigenvalue weighted by Gasteiger charge is 2.24. The molecule has 0 amide bonds. The molecule has 0 aliphatic rings. The van der Waals surface area contributed by atoms with Crippen LogP contribution in [0.1, 0.15) is 31.1 Å². The number of carboxylic acid groups (broad SMARTS) is 1. The fraction of sp³-hybridized carbons (Fsp3) is 0.364. The van der Waals surface area contributed by atoms with Crippen molar-refractivity contribution in [2.75, 3.05) is 0 Å². The van der Waals surface area contributed by atoms with Crippen LogP contribution < -0.4 is 0 Å². The fourth-order valence-electron chi connectivity index (χ4n) is 1.16. The monoisotopic (exact) mass is 258 g/mol. The van der Waals surface area contributed by atoms with Gasteiger partial charge in [-0.3, -0.25) is 4.18 Å². The van der Waals surface area contributed by atoms with Gasteiger partial charge in [0.25, 0.3) is 10.1 Å². The van der Waals surface area contributed by atoms with E-state index in [2.05, 4.69) is 0 Å². The minimum absolute atomic E-state index is 0.0939. The molecule has 1 aromatic carbocycles. The molecule has 5 nitrogen and oxygen atoms in total. The molecule has 0 radical (unpaired) electrons. The second-order valence-corrected chi connectivity index (χ2v) is 6.03. The first-order valence-corrected chi connectivity index (χ1v) is 6.32. The Kier molecular flexibility index (Phi) is 3.59. The van der Waals surface area contributed by atoms with Crippen molar-refractivity contribution in [3.05, 3.63) is 29.8 Å². The van der Waals surface area contributed by atoms with Crippen molar-refractivity contribution in [1.82, 2.24) is 0 Å². The van der Waals surface area contributed by atoms with Crippen LogP contribution in [-0.4, -0.2) is 25.1 Å². The number of rotatable bonds is 3. The summed E-state index contributed by atoms with van der Waals surface area (Å²) in [5.74, 6) is -1.18. The van der Waals surface area contributed by atoms with E-state index < -0.39 is 21.7 Å². The Hall–Kier alpha value is -1.40. The Bertz CT molecular complexity index is 525. The van der Waals surface area contributed by atoms with Gasteiger partial charge in [-0.15, -0.1) is 0 Å². The van der Waals surface area contributed by atoms with Crippen LogP contribution in [-0.2, 0) is 14.3 Å². The minimum atomic E-state index is -3.94. The molecule has 94 valence electrons. The Morgan fingerprint density at radius 1 is 1.29 bits per heavy atom. The summed E-state index contributed by atoms with van der Waals surface area (Å²) in [4.78, 5) is 10.6. The molecule has 17 heavy (non-hydrogen) atoms. The van der Waals surface area contributed by atoms with Crippen LogP contribution in [0.3, 0.4) is 0 Å². The molecule has 0 saturated heterocycles. The van der Waals surface area contributed by atoms with Gasteiger partial charge < -0.3 is 5.11 Å². The molecular formula is C11H14O5S. The van der Waals surface area contributed by atoms with E-state index >= 15 is 0 Å². The Morgan fingerprint density at radius 3 is 2.35 bits per heavy atom. The number of hydrogen-bond donors (Lipinski definition) is 1. The van der Waals surface area contributed by atoms with E-state index in [-0.39, 0.29) is 10.5 Å². The Labute approximate surface area is 100 Å². The van der Waals surface area contributed by atoms with Crippen LogP contribution in [0.15, 0.2) is 29.2 Å². The summed E-state index contributed by atoms with van der Waals surface area (Å²) < 4.78 is 28.5. The van der Waals surface area contributed by atoms with Gasteiger partial charge in [0.1, 0.15) is 0 Å². The second-order valence-electron chi connectivity index (χ2n) is 4.48. The highest BCUT2D eigenvalue weighted by Crippen LogP contribution is 2.20. The molecule has 1 N–H and O–H groups in total. The molecule has 0 aromatic heterocycles. The molecule has 1 aromatic rings. The van der Waals surface area contributed by atoms with Crippen LogP contribution in [0.5, 0.6) is 0 Å². The summed E-state index contributed by atoms with van der Waals surface area (Å²) in [6.45, 7) is 4.81. The van der Waals surface area contributed by atoms with Gasteiger partial charge in [0.2, 0.25) is 0 Å². The molecule has 0 atom stereocenters. The third kappa shape index (κ3) is 3.83. The van der Waals surface area contributed by atoms with Crippen molar-refractivity contribution in [3.8, 4) is 0 Å². The van der Waals surface area contributed by atoms with Crippen LogP contribution >= 0.6 is 0 Å². The molecule has 0 unspecified atom stereocenters. The highest BCUT2D eigenvalue weighted by molar-refractivity contribution is 7.86. The SMILES string of the molecule is CC(C)(C)OS(=O)(=O)c1cccc(C(=O)O)c1. The summed E-state index contributed by atoms with van der Waals surface area (Å²) in [6.07, 6.45) is 0. The van der Waals surface area contributed by atoms with Gasteiger partial charge in [0.05, 0.1) is 16.1 Å². The first-order valence-electron chi connectivity index (χ1n) is 4.91. The maximum Gasteiger partial charge on any atom is 0.335 e. The van der Waals surface area contributed by atoms with Crippen LogP contribution in [0.4, 0.5) is 0 Å². The van der Waals surface area contributed by atoms with E-state index in [0.29, 0.717) is 0 Å². The van der Waals surface area contributed by atoms with E-state index in [9.17, 15) is 13.2 Å². The first-order chi connectivity index (χ1) is 7.62. The number of carbonyl (C=O) groups is 1. The lowest BCUT2D eigenvalue weighted by molar-refractivity contribution is 0.0696. The second kappa shape index (κ2) is 4.46. The van der Waals surface area contributed by atoms with Gasteiger partial charge in [-0.1, -0.05) is 6.07 Å². The average molecular weight is 258 g/mol. The maximum absolute atomic E-state index is 11.8. The highest BCUT2D eigenvalue weighted by atomic mass is 32.2. The fourth-order valence-corrected chi connectivity index (χ4v) is 2.43. The molecule has 0 fully saturated rings. The smallest absolute Gasteiger partial charge is 0.335 e. The minimum Gasteiger partial charge on any atom is -0.478 e. The average Bonchev–Trinajstić information content (AvgIpc) is 2.14. The van der Waals surface area contributed by atoms with Gasteiger partial charge in [0.15, 0.2) is 0 Å². The molecular weight excluding hydrogens is 244 g/mol. The first kappa shape index (κ1) is 13.7. The zero-order valence-corrected chi connectivity index (χ0v) is 10.6. The number of carboxylic acids is 1. The van der Waals surface area contributed by atoms with Crippen molar-refractivity contribution in [2.45, 2.75) is 31.3 Å². The lowest BCUT2D eigenvalue weighted by Gasteiger charge is -2.18. The van der Waals surface area contributed by atoms with Crippen molar-refractivity contribution < 1.29 is 22.5 Å². The molecule has 0 saturated carbocycles. The van der Waals surface area contributed by atoms with Gasteiger partial charge in [-0.05, 0) is 39.0 Å². The third-order valence-electron chi connectivity index (χ3n) is 1.73. The van der Waals surface area contributed by atoms with Crippen LogP contribution in [0.2, 0.25) is 0 Å². The quantitative estimate of drug-likeness (QED) is 0.837. The molecule has 6 heteroatoms. The van der Waals surface area contributed by atoms with E-state index in [0.717, 1.165) is 6.07 Å². The molecule has 1 rings (SSSR count). The van der Waals surface area contributed by atoms with Crippen molar-refractivity contribution in [2.24, 2.45) is 0 Å². The zero-order chi connectivity index (χ0) is 13.3. The Morgan fingerprint density at radius 2 is 1.88 bits per heavy atom. The normalized spacial score (nSPS) is 12.4. The predicted octanol–water partition coefficient (Wildman–Crippen LogP) is 1.89. The molecule has 0 spiro atoms. The van der Waals surface area contributed by atoms with Crippen LogP contribution in [0.25, 0.3) is 0 Å². The van der Waals surface area contributed by atoms with Gasteiger partial charge in [0, 0.05) is 0 Å². The van der Waals surface area contributed by atoms with Gasteiger partial charge in [-0.2, -0.15) is 8.42 Å². The zero-order valence-electron chi connectivity index (χ0n) is 9.80. The van der Waals surface area contributed by atoms with Gasteiger partial charge >= 0.3 is 5.97 Å². The summed E-state index contributed by atoms with van der Waals surface area (Å²) in [5, 5.41) is 8.77. The summed E-state index contributed by atoms with van der Waals surface area (Å²) in [6, 6.07) is 5.05. The number of benzene rings is 1. The summed E-state index contributed by atoms with van der Waals surface area (Å²) >= 11 is 0. The van der Waals surface area contributed by atoms with E-state index in [1.807, 2.05) is 0 Å². The van der Waals surface area contributed by atoms with E-state index in [1.54, 1.807) is 20.8 Å². The van der Waals surface area contributed by atoms with Crippen molar-refractivity contribution in [1.29, 1.82) is 0 Å².